The Morgan fingerprint density at radius 2 is 2.25 bits per heavy atom. The van der Waals surface area contributed by atoms with Crippen molar-refractivity contribution in [1.82, 2.24) is 4.57 Å². The van der Waals surface area contributed by atoms with Gasteiger partial charge in [-0.3, -0.25) is 0 Å². The lowest BCUT2D eigenvalue weighted by atomic mass is 10.1. The van der Waals surface area contributed by atoms with Crippen LogP contribution in [0.25, 0.3) is 6.08 Å². The molecule has 0 aliphatic carbocycles. The molecule has 1 aromatic rings. The standard InChI is InChI=1S/C11H14N/c1-3-9-8-12-7-5-6-11(12)10(9)4-2/h5-6H,3-4,7H2,1-2H3. The van der Waals surface area contributed by atoms with E-state index in [2.05, 4.69) is 36.8 Å². The summed E-state index contributed by atoms with van der Waals surface area (Å²) in [6.45, 7) is 5.43. The first-order valence-electron chi connectivity index (χ1n) is 4.67. The number of aromatic nitrogens is 1. The van der Waals surface area contributed by atoms with Gasteiger partial charge in [0.2, 0.25) is 0 Å². The summed E-state index contributed by atoms with van der Waals surface area (Å²) in [6, 6.07) is 0. The van der Waals surface area contributed by atoms with Crippen molar-refractivity contribution in [1.29, 1.82) is 0 Å². The Morgan fingerprint density at radius 1 is 1.42 bits per heavy atom. The predicted octanol–water partition coefficient (Wildman–Crippen LogP) is 2.44. The molecule has 0 saturated heterocycles. The predicted molar refractivity (Wildman–Crippen MR) is 51.1 cm³/mol. The van der Waals surface area contributed by atoms with E-state index in [-0.39, 0.29) is 0 Å². The molecule has 1 radical (unpaired) electrons. The molecule has 1 aliphatic heterocycles. The van der Waals surface area contributed by atoms with Crippen LogP contribution in [0.5, 0.6) is 0 Å². The lowest BCUT2D eigenvalue weighted by molar-refractivity contribution is 0.832. The van der Waals surface area contributed by atoms with Crippen molar-refractivity contribution in [2.75, 3.05) is 0 Å². The van der Waals surface area contributed by atoms with Crippen LogP contribution in [0.15, 0.2) is 6.08 Å². The molecule has 0 saturated carbocycles. The highest BCUT2D eigenvalue weighted by Crippen LogP contribution is 2.23. The van der Waals surface area contributed by atoms with Crippen LogP contribution in [0.2, 0.25) is 0 Å². The highest BCUT2D eigenvalue weighted by Gasteiger charge is 2.13. The van der Waals surface area contributed by atoms with E-state index in [1.54, 1.807) is 0 Å². The van der Waals surface area contributed by atoms with E-state index in [0.29, 0.717) is 0 Å². The molecule has 0 amide bonds. The molecule has 1 heteroatoms. The lowest BCUT2D eigenvalue weighted by Gasteiger charge is -1.97. The molecule has 0 aromatic carbocycles. The molecule has 0 fully saturated rings. The van der Waals surface area contributed by atoms with Crippen LogP contribution in [-0.2, 0) is 19.4 Å². The highest BCUT2D eigenvalue weighted by molar-refractivity contribution is 5.56. The number of nitrogens with zero attached hydrogens (tertiary/aromatic N) is 1. The lowest BCUT2D eigenvalue weighted by Crippen LogP contribution is -1.90. The average Bonchev–Trinajstić information content (AvgIpc) is 2.61. The normalized spacial score (nSPS) is 13.8. The zero-order chi connectivity index (χ0) is 8.55. The number of aryl methyl sites for hydroxylation is 1. The maximum Gasteiger partial charge on any atom is 0.0694 e. The monoisotopic (exact) mass is 160 g/mol. The van der Waals surface area contributed by atoms with Crippen molar-refractivity contribution in [3.63, 3.8) is 0 Å². The Morgan fingerprint density at radius 3 is 2.92 bits per heavy atom. The van der Waals surface area contributed by atoms with E-state index >= 15 is 0 Å². The van der Waals surface area contributed by atoms with Gasteiger partial charge in [-0.05, 0) is 30.0 Å². The third-order valence-corrected chi connectivity index (χ3v) is 2.50. The average molecular weight is 160 g/mol. The first kappa shape index (κ1) is 7.66. The Hall–Kier alpha value is -0.980. The Kier molecular flexibility index (Phi) is 1.80. The van der Waals surface area contributed by atoms with Crippen LogP contribution in [0.3, 0.4) is 0 Å². The van der Waals surface area contributed by atoms with Crippen LogP contribution in [-0.4, -0.2) is 4.57 Å². The summed E-state index contributed by atoms with van der Waals surface area (Å²) in [6.07, 6.45) is 10.1. The van der Waals surface area contributed by atoms with Crippen LogP contribution in [0.1, 0.15) is 30.7 Å². The minimum Gasteiger partial charge on any atom is -0.335 e. The van der Waals surface area contributed by atoms with E-state index in [9.17, 15) is 0 Å². The molecule has 0 N–H and O–H groups in total. The summed E-state index contributed by atoms with van der Waals surface area (Å²) in [4.78, 5) is 0. The Bertz CT molecular complexity index is 318. The zero-order valence-electron chi connectivity index (χ0n) is 7.72. The number of rotatable bonds is 2. The topological polar surface area (TPSA) is 4.93 Å². The molecular formula is C11H14N. The van der Waals surface area contributed by atoms with Crippen LogP contribution in [0, 0.1) is 6.20 Å². The van der Waals surface area contributed by atoms with E-state index in [0.717, 1.165) is 19.4 Å². The number of allylic oxidation sites excluding steroid dienone is 1. The quantitative estimate of drug-likeness (QED) is 0.626. The van der Waals surface area contributed by atoms with E-state index < -0.39 is 0 Å². The van der Waals surface area contributed by atoms with Crippen molar-refractivity contribution in [3.8, 4) is 0 Å². The molecule has 1 aromatic heterocycles. The molecule has 2 heterocycles. The highest BCUT2D eigenvalue weighted by atomic mass is 15.0. The fourth-order valence-electron chi connectivity index (χ4n) is 1.90. The second-order valence-electron chi connectivity index (χ2n) is 3.17. The first-order valence-corrected chi connectivity index (χ1v) is 4.67. The summed E-state index contributed by atoms with van der Waals surface area (Å²) in [5.74, 6) is 0. The maximum atomic E-state index is 3.42. The van der Waals surface area contributed by atoms with E-state index in [1.807, 2.05) is 0 Å². The fraction of sp³-hybridized carbons (Fsp3) is 0.455. The summed E-state index contributed by atoms with van der Waals surface area (Å²) >= 11 is 0. The van der Waals surface area contributed by atoms with Gasteiger partial charge in [-0.15, -0.1) is 0 Å². The molecule has 0 unspecified atom stereocenters. The van der Waals surface area contributed by atoms with Crippen LogP contribution >= 0.6 is 0 Å². The SMILES string of the molecule is CCc1[c]n2c(c1CC)C=CC2. The molecular weight excluding hydrogens is 146 g/mol. The van der Waals surface area contributed by atoms with Gasteiger partial charge in [0.05, 0.1) is 6.20 Å². The van der Waals surface area contributed by atoms with Gasteiger partial charge in [-0.2, -0.15) is 0 Å². The molecule has 63 valence electrons. The number of hydrogen-bond acceptors (Lipinski definition) is 0. The van der Waals surface area contributed by atoms with Gasteiger partial charge < -0.3 is 4.57 Å². The summed E-state index contributed by atoms with van der Waals surface area (Å²) in [5, 5.41) is 0. The van der Waals surface area contributed by atoms with Crippen molar-refractivity contribution < 1.29 is 0 Å². The van der Waals surface area contributed by atoms with Gasteiger partial charge in [-0.1, -0.05) is 19.9 Å². The number of fused-ring (bicyclic) bond motifs is 1. The molecule has 1 aliphatic rings. The zero-order valence-corrected chi connectivity index (χ0v) is 7.72. The smallest absolute Gasteiger partial charge is 0.0694 e. The van der Waals surface area contributed by atoms with Gasteiger partial charge in [0.25, 0.3) is 0 Å². The first-order chi connectivity index (χ1) is 5.86. The van der Waals surface area contributed by atoms with E-state index in [1.165, 1.54) is 16.8 Å². The van der Waals surface area contributed by atoms with Gasteiger partial charge in [0.15, 0.2) is 0 Å². The molecule has 12 heavy (non-hydrogen) atoms. The minimum atomic E-state index is 1.02. The van der Waals surface area contributed by atoms with Gasteiger partial charge in [0.1, 0.15) is 0 Å². The number of hydrogen-bond donors (Lipinski definition) is 0. The summed E-state index contributed by atoms with van der Waals surface area (Å²) in [5.41, 5.74) is 4.28. The minimum absolute atomic E-state index is 1.02. The molecule has 0 bridgehead atoms. The second-order valence-corrected chi connectivity index (χ2v) is 3.17. The van der Waals surface area contributed by atoms with Crippen molar-refractivity contribution in [3.05, 3.63) is 29.1 Å². The van der Waals surface area contributed by atoms with Gasteiger partial charge >= 0.3 is 0 Å². The molecule has 1 nitrogen and oxygen atoms in total. The van der Waals surface area contributed by atoms with E-state index in [4.69, 9.17) is 0 Å². The molecule has 0 spiro atoms. The Labute approximate surface area is 73.7 Å². The fourth-order valence-corrected chi connectivity index (χ4v) is 1.90. The van der Waals surface area contributed by atoms with Crippen LogP contribution in [0.4, 0.5) is 0 Å². The van der Waals surface area contributed by atoms with Crippen LogP contribution < -0.4 is 0 Å². The van der Waals surface area contributed by atoms with Crippen molar-refractivity contribution >= 4 is 6.08 Å². The Balaban J connectivity index is 2.53. The second kappa shape index (κ2) is 2.81. The molecule has 2 rings (SSSR count). The third kappa shape index (κ3) is 0.927. The van der Waals surface area contributed by atoms with Crippen molar-refractivity contribution in [2.24, 2.45) is 0 Å². The molecule has 0 atom stereocenters. The largest absolute Gasteiger partial charge is 0.335 e. The maximum absolute atomic E-state index is 3.42. The van der Waals surface area contributed by atoms with Crippen molar-refractivity contribution in [2.45, 2.75) is 33.2 Å². The van der Waals surface area contributed by atoms with Gasteiger partial charge in [0, 0.05) is 12.2 Å². The summed E-state index contributed by atoms with van der Waals surface area (Å²) in [7, 11) is 0. The van der Waals surface area contributed by atoms with Gasteiger partial charge in [-0.25, -0.2) is 0 Å². The summed E-state index contributed by atoms with van der Waals surface area (Å²) < 4.78 is 2.22. The third-order valence-electron chi connectivity index (χ3n) is 2.50.